The average Bonchev–Trinajstić information content (AvgIpc) is 2.81. The molecule has 0 aliphatic rings. The molecule has 1 aromatic heterocycles. The van der Waals surface area contributed by atoms with Crippen LogP contribution >= 0.6 is 11.8 Å². The maximum Gasteiger partial charge on any atom is 0.408 e. The van der Waals surface area contributed by atoms with Gasteiger partial charge in [0.1, 0.15) is 11.6 Å². The van der Waals surface area contributed by atoms with Crippen molar-refractivity contribution >= 4 is 23.8 Å². The van der Waals surface area contributed by atoms with Crippen LogP contribution in [0.25, 0.3) is 0 Å². The van der Waals surface area contributed by atoms with Crippen molar-refractivity contribution in [2.24, 2.45) is 0 Å². The third-order valence-electron chi connectivity index (χ3n) is 2.34. The van der Waals surface area contributed by atoms with Gasteiger partial charge in [-0.2, -0.15) is 0 Å². The molecule has 1 aromatic rings. The topological polar surface area (TPSA) is 97.6 Å². The summed E-state index contributed by atoms with van der Waals surface area (Å²) in [6, 6.07) is -0.485. The highest BCUT2D eigenvalue weighted by Crippen LogP contribution is 2.20. The standard InChI is InChI=1S/C13H22N4O4S/c1-8(14-11(19)21-13(2,3)4)10-15-16-12(20-10)22-7-9(18)17(5)6/h8H,7H2,1-6H3,(H,14,19)/t8-/m0/s1. The number of thioether (sulfide) groups is 1. The summed E-state index contributed by atoms with van der Waals surface area (Å²) in [6.45, 7) is 7.04. The molecule has 124 valence electrons. The number of aromatic nitrogens is 2. The molecule has 0 fully saturated rings. The second kappa shape index (κ2) is 7.48. The van der Waals surface area contributed by atoms with E-state index in [2.05, 4.69) is 15.5 Å². The molecule has 0 spiro atoms. The van der Waals surface area contributed by atoms with Gasteiger partial charge >= 0.3 is 6.09 Å². The van der Waals surface area contributed by atoms with Gasteiger partial charge in [0, 0.05) is 14.1 Å². The first kappa shape index (κ1) is 18.3. The van der Waals surface area contributed by atoms with Gasteiger partial charge in [-0.25, -0.2) is 4.79 Å². The van der Waals surface area contributed by atoms with E-state index in [0.29, 0.717) is 0 Å². The SMILES string of the molecule is C[C@H](NC(=O)OC(C)(C)C)c1nnc(SCC(=O)N(C)C)o1. The molecule has 1 rings (SSSR count). The number of amides is 2. The Hall–Kier alpha value is -1.77. The minimum Gasteiger partial charge on any atom is -0.444 e. The zero-order valence-corrected chi connectivity index (χ0v) is 14.5. The van der Waals surface area contributed by atoms with Gasteiger partial charge in [-0.05, 0) is 27.7 Å². The molecule has 0 aliphatic carbocycles. The molecule has 0 radical (unpaired) electrons. The van der Waals surface area contributed by atoms with E-state index in [9.17, 15) is 9.59 Å². The summed E-state index contributed by atoms with van der Waals surface area (Å²) in [5, 5.41) is 10.6. The van der Waals surface area contributed by atoms with Crippen LogP contribution < -0.4 is 5.32 Å². The summed E-state index contributed by atoms with van der Waals surface area (Å²) >= 11 is 1.15. The molecule has 9 heteroatoms. The van der Waals surface area contributed by atoms with Gasteiger partial charge in [0.2, 0.25) is 11.8 Å². The first-order valence-electron chi connectivity index (χ1n) is 6.74. The number of rotatable bonds is 5. The minimum absolute atomic E-state index is 0.0512. The van der Waals surface area contributed by atoms with Crippen LogP contribution in [0.2, 0.25) is 0 Å². The van der Waals surface area contributed by atoms with Crippen LogP contribution in [0.1, 0.15) is 39.6 Å². The number of hydrogen-bond donors (Lipinski definition) is 1. The highest BCUT2D eigenvalue weighted by Gasteiger charge is 2.21. The largest absolute Gasteiger partial charge is 0.444 e. The predicted molar refractivity (Wildman–Crippen MR) is 81.5 cm³/mol. The zero-order chi connectivity index (χ0) is 16.9. The van der Waals surface area contributed by atoms with Crippen LogP contribution in [-0.2, 0) is 9.53 Å². The first-order chi connectivity index (χ1) is 10.1. The molecular weight excluding hydrogens is 308 g/mol. The van der Waals surface area contributed by atoms with E-state index in [-0.39, 0.29) is 22.8 Å². The van der Waals surface area contributed by atoms with E-state index < -0.39 is 17.7 Å². The number of carbonyl (C=O) groups is 2. The summed E-state index contributed by atoms with van der Waals surface area (Å²) in [5.74, 6) is 0.415. The number of alkyl carbamates (subject to hydrolysis) is 1. The van der Waals surface area contributed by atoms with Crippen molar-refractivity contribution in [3.63, 3.8) is 0 Å². The van der Waals surface area contributed by atoms with Crippen molar-refractivity contribution in [1.29, 1.82) is 0 Å². The smallest absolute Gasteiger partial charge is 0.408 e. The number of carbonyl (C=O) groups excluding carboxylic acids is 2. The van der Waals surface area contributed by atoms with Crippen molar-refractivity contribution < 1.29 is 18.7 Å². The highest BCUT2D eigenvalue weighted by molar-refractivity contribution is 7.99. The number of ether oxygens (including phenoxy) is 1. The lowest BCUT2D eigenvalue weighted by molar-refractivity contribution is -0.125. The Morgan fingerprint density at radius 3 is 2.55 bits per heavy atom. The molecule has 1 N–H and O–H groups in total. The quantitative estimate of drug-likeness (QED) is 0.822. The van der Waals surface area contributed by atoms with E-state index in [4.69, 9.17) is 9.15 Å². The fourth-order valence-electron chi connectivity index (χ4n) is 1.25. The molecule has 0 bridgehead atoms. The van der Waals surface area contributed by atoms with Crippen molar-refractivity contribution in [1.82, 2.24) is 20.4 Å². The van der Waals surface area contributed by atoms with Crippen molar-refractivity contribution in [2.45, 2.75) is 44.6 Å². The van der Waals surface area contributed by atoms with Crippen LogP contribution in [0.15, 0.2) is 9.64 Å². The summed E-state index contributed by atoms with van der Waals surface area (Å²) < 4.78 is 10.6. The molecule has 0 saturated heterocycles. The van der Waals surface area contributed by atoms with E-state index in [1.807, 2.05) is 0 Å². The van der Waals surface area contributed by atoms with Crippen molar-refractivity contribution in [3.8, 4) is 0 Å². The maximum absolute atomic E-state index is 11.7. The Balaban J connectivity index is 2.52. The maximum atomic E-state index is 11.7. The molecule has 2 amide bonds. The summed E-state index contributed by atoms with van der Waals surface area (Å²) in [4.78, 5) is 24.6. The summed E-state index contributed by atoms with van der Waals surface area (Å²) in [6.07, 6.45) is -0.560. The lowest BCUT2D eigenvalue weighted by atomic mass is 10.2. The number of nitrogens with one attached hydrogen (secondary N) is 1. The molecule has 0 aliphatic heterocycles. The van der Waals surface area contributed by atoms with Gasteiger partial charge in [0.25, 0.3) is 5.22 Å². The van der Waals surface area contributed by atoms with E-state index >= 15 is 0 Å². The van der Waals surface area contributed by atoms with Crippen LogP contribution in [-0.4, -0.2) is 52.5 Å². The fourth-order valence-corrected chi connectivity index (χ4v) is 2.00. The monoisotopic (exact) mass is 330 g/mol. The predicted octanol–water partition coefficient (Wildman–Crippen LogP) is 1.84. The van der Waals surface area contributed by atoms with E-state index in [0.717, 1.165) is 11.8 Å². The number of nitrogens with zero attached hydrogens (tertiary/aromatic N) is 3. The van der Waals surface area contributed by atoms with Gasteiger partial charge < -0.3 is 19.4 Å². The Bertz CT molecular complexity index is 524. The molecule has 1 atom stereocenters. The Kier molecular flexibility index (Phi) is 6.21. The molecular formula is C13H22N4O4S. The van der Waals surface area contributed by atoms with Gasteiger partial charge in [-0.3, -0.25) is 4.79 Å². The first-order valence-corrected chi connectivity index (χ1v) is 7.73. The third-order valence-corrected chi connectivity index (χ3v) is 3.15. The molecule has 0 unspecified atom stereocenters. The van der Waals surface area contributed by atoms with Gasteiger partial charge in [0.05, 0.1) is 5.75 Å². The second-order valence-corrected chi connectivity index (χ2v) is 6.78. The van der Waals surface area contributed by atoms with Gasteiger partial charge in [-0.1, -0.05) is 11.8 Å². The Morgan fingerprint density at radius 1 is 1.36 bits per heavy atom. The normalized spacial score (nSPS) is 12.6. The molecule has 0 aromatic carbocycles. The summed E-state index contributed by atoms with van der Waals surface area (Å²) in [7, 11) is 3.35. The molecule has 1 heterocycles. The van der Waals surface area contributed by atoms with E-state index in [1.165, 1.54) is 4.90 Å². The molecule has 8 nitrogen and oxygen atoms in total. The number of hydrogen-bond acceptors (Lipinski definition) is 7. The van der Waals surface area contributed by atoms with Crippen LogP contribution in [0, 0.1) is 0 Å². The van der Waals surface area contributed by atoms with Crippen molar-refractivity contribution in [2.75, 3.05) is 19.8 Å². The Labute approximate surface area is 134 Å². The van der Waals surface area contributed by atoms with Gasteiger partial charge in [-0.15, -0.1) is 10.2 Å². The molecule has 0 saturated carbocycles. The van der Waals surface area contributed by atoms with Crippen LogP contribution in [0.5, 0.6) is 0 Å². The van der Waals surface area contributed by atoms with E-state index in [1.54, 1.807) is 41.8 Å². The van der Waals surface area contributed by atoms with Crippen molar-refractivity contribution in [3.05, 3.63) is 5.89 Å². The Morgan fingerprint density at radius 2 is 2.00 bits per heavy atom. The zero-order valence-electron chi connectivity index (χ0n) is 13.7. The second-order valence-electron chi connectivity index (χ2n) is 5.85. The third kappa shape index (κ3) is 6.33. The highest BCUT2D eigenvalue weighted by atomic mass is 32.2. The average molecular weight is 330 g/mol. The van der Waals surface area contributed by atoms with Crippen LogP contribution in [0.3, 0.4) is 0 Å². The summed E-state index contributed by atoms with van der Waals surface area (Å²) in [5.41, 5.74) is -0.577. The minimum atomic E-state index is -0.577. The lowest BCUT2D eigenvalue weighted by Crippen LogP contribution is -2.34. The molecule has 22 heavy (non-hydrogen) atoms. The van der Waals surface area contributed by atoms with Gasteiger partial charge in [0.15, 0.2) is 0 Å². The van der Waals surface area contributed by atoms with Crippen LogP contribution in [0.4, 0.5) is 4.79 Å². The lowest BCUT2D eigenvalue weighted by Gasteiger charge is -2.20. The fraction of sp³-hybridized carbons (Fsp3) is 0.692.